The molecule has 0 bridgehead atoms. The van der Waals surface area contributed by atoms with Crippen molar-refractivity contribution >= 4 is 10.1 Å². The van der Waals surface area contributed by atoms with E-state index in [0.717, 1.165) is 0 Å². The molecule has 0 heterocycles. The molecule has 0 aliphatic carbocycles. The number of hydrogen-bond acceptors (Lipinski definition) is 3. The second kappa shape index (κ2) is 4.30. The molecule has 0 aromatic carbocycles. The highest BCUT2D eigenvalue weighted by molar-refractivity contribution is 7.85. The molecular weight excluding hydrogens is 175 g/mol. The van der Waals surface area contributed by atoms with E-state index in [1.165, 1.54) is 0 Å². The third-order valence-corrected chi connectivity index (χ3v) is 1.43. The Kier molecular flexibility index (Phi) is 4.06. The Morgan fingerprint density at radius 2 is 2.27 bits per heavy atom. The highest BCUT2D eigenvalue weighted by atomic mass is 32.2. The molecule has 0 radical (unpaired) electrons. The molecule has 0 aromatic heterocycles. The first kappa shape index (κ1) is 10.4. The van der Waals surface area contributed by atoms with Crippen LogP contribution in [0.4, 0.5) is 4.39 Å². The summed E-state index contributed by atoms with van der Waals surface area (Å²) in [6.45, 7) is 1.73. The minimum atomic E-state index is -4.19. The molecule has 6 heteroatoms. The summed E-state index contributed by atoms with van der Waals surface area (Å²) in [5, 5.41) is 0. The van der Waals surface area contributed by atoms with Gasteiger partial charge in [-0.1, -0.05) is 0 Å². The second-order valence-electron chi connectivity index (χ2n) is 1.73. The van der Waals surface area contributed by atoms with Crippen molar-refractivity contribution in [3.63, 3.8) is 0 Å². The van der Waals surface area contributed by atoms with Crippen molar-refractivity contribution < 1.29 is 22.1 Å². The molecule has 0 saturated carbocycles. The Hall–Kier alpha value is -0.620. The van der Waals surface area contributed by atoms with Crippen molar-refractivity contribution in [2.24, 2.45) is 0 Å². The molecule has 0 aliphatic heterocycles. The highest BCUT2D eigenvalue weighted by Crippen LogP contribution is 2.01. The van der Waals surface area contributed by atoms with Crippen LogP contribution < -0.4 is 0 Å². The van der Waals surface area contributed by atoms with Crippen LogP contribution in [0.1, 0.15) is 6.92 Å². The van der Waals surface area contributed by atoms with E-state index in [9.17, 15) is 12.8 Å². The zero-order chi connectivity index (χ0) is 8.91. The highest BCUT2D eigenvalue weighted by Gasteiger charge is 2.09. The molecule has 0 rings (SSSR count). The van der Waals surface area contributed by atoms with Crippen LogP contribution in [0.3, 0.4) is 0 Å². The third kappa shape index (κ3) is 5.81. The molecule has 0 fully saturated rings. The van der Waals surface area contributed by atoms with Crippen LogP contribution in [-0.2, 0) is 14.9 Å². The van der Waals surface area contributed by atoms with Crippen molar-refractivity contribution in [1.29, 1.82) is 0 Å². The fourth-order valence-corrected chi connectivity index (χ4v) is 0.976. The quantitative estimate of drug-likeness (QED) is 0.516. The van der Waals surface area contributed by atoms with Gasteiger partial charge < -0.3 is 4.74 Å². The Labute approximate surface area is 64.4 Å². The lowest BCUT2D eigenvalue weighted by atomic mass is 10.6. The van der Waals surface area contributed by atoms with E-state index in [2.05, 4.69) is 4.74 Å². The van der Waals surface area contributed by atoms with Gasteiger partial charge in [0.2, 0.25) is 0 Å². The summed E-state index contributed by atoms with van der Waals surface area (Å²) in [7, 11) is -4.19. The van der Waals surface area contributed by atoms with Gasteiger partial charge in [0, 0.05) is 0 Å². The van der Waals surface area contributed by atoms with Crippen molar-refractivity contribution in [2.45, 2.75) is 6.92 Å². The van der Waals surface area contributed by atoms with Crippen LogP contribution in [0, 0.1) is 0 Å². The Morgan fingerprint density at radius 3 is 2.55 bits per heavy atom. The fourth-order valence-electron chi connectivity index (χ4n) is 0.470. The molecule has 1 N–H and O–H groups in total. The normalized spacial score (nSPS) is 13.2. The lowest BCUT2D eigenvalue weighted by molar-refractivity contribution is 0.225. The molecule has 4 nitrogen and oxygen atoms in total. The van der Waals surface area contributed by atoms with Gasteiger partial charge in [0.05, 0.1) is 6.61 Å². The van der Waals surface area contributed by atoms with Gasteiger partial charge in [-0.05, 0) is 6.92 Å². The number of hydrogen-bond donors (Lipinski definition) is 1. The van der Waals surface area contributed by atoms with E-state index in [4.69, 9.17) is 4.55 Å². The first-order chi connectivity index (χ1) is 4.99. The Morgan fingerprint density at radius 1 is 1.73 bits per heavy atom. The Bertz CT molecular complexity index is 231. The SMILES string of the molecule is CCOC(=CF)CS(=O)(=O)O. The van der Waals surface area contributed by atoms with E-state index >= 15 is 0 Å². The number of ether oxygens (including phenoxy) is 1. The largest absolute Gasteiger partial charge is 0.495 e. The van der Waals surface area contributed by atoms with Crippen LogP contribution in [0.2, 0.25) is 0 Å². The first-order valence-electron chi connectivity index (χ1n) is 2.86. The van der Waals surface area contributed by atoms with Crippen LogP contribution in [0.5, 0.6) is 0 Å². The van der Waals surface area contributed by atoms with Gasteiger partial charge in [-0.15, -0.1) is 0 Å². The molecule has 0 unspecified atom stereocenters. The van der Waals surface area contributed by atoms with Gasteiger partial charge in [0.15, 0.2) is 0 Å². The van der Waals surface area contributed by atoms with E-state index in [1.54, 1.807) is 6.92 Å². The zero-order valence-corrected chi connectivity index (χ0v) is 6.77. The van der Waals surface area contributed by atoms with Crippen LogP contribution in [0.25, 0.3) is 0 Å². The summed E-state index contributed by atoms with van der Waals surface area (Å²) in [5.74, 6) is -1.22. The van der Waals surface area contributed by atoms with Gasteiger partial charge in [0.1, 0.15) is 17.8 Å². The number of halogens is 1. The van der Waals surface area contributed by atoms with Crippen LogP contribution >= 0.6 is 0 Å². The molecule has 0 saturated heterocycles. The van der Waals surface area contributed by atoms with Gasteiger partial charge in [-0.3, -0.25) is 4.55 Å². The zero-order valence-electron chi connectivity index (χ0n) is 5.95. The second-order valence-corrected chi connectivity index (χ2v) is 3.19. The van der Waals surface area contributed by atoms with Crippen molar-refractivity contribution in [3.05, 3.63) is 12.1 Å². The molecule has 0 aliphatic rings. The smallest absolute Gasteiger partial charge is 0.272 e. The molecule has 66 valence electrons. The lowest BCUT2D eigenvalue weighted by Crippen LogP contribution is -2.08. The van der Waals surface area contributed by atoms with Gasteiger partial charge in [0.25, 0.3) is 10.1 Å². The van der Waals surface area contributed by atoms with Crippen LogP contribution in [0.15, 0.2) is 12.1 Å². The average molecular weight is 184 g/mol. The first-order valence-corrected chi connectivity index (χ1v) is 4.47. The maximum Gasteiger partial charge on any atom is 0.272 e. The van der Waals surface area contributed by atoms with Crippen molar-refractivity contribution in [1.82, 2.24) is 0 Å². The van der Waals surface area contributed by atoms with Crippen molar-refractivity contribution in [3.8, 4) is 0 Å². The predicted molar refractivity (Wildman–Crippen MR) is 37.2 cm³/mol. The minimum Gasteiger partial charge on any atom is -0.495 e. The standard InChI is InChI=1S/C5H9FO4S/c1-2-10-5(3-6)4-11(7,8)9/h3H,2,4H2,1H3,(H,7,8,9). The van der Waals surface area contributed by atoms with Gasteiger partial charge in [-0.2, -0.15) is 8.42 Å². The summed E-state index contributed by atoms with van der Waals surface area (Å²) in [6, 6.07) is 0. The monoisotopic (exact) mass is 184 g/mol. The maximum atomic E-state index is 11.7. The fraction of sp³-hybridized carbons (Fsp3) is 0.600. The summed E-state index contributed by atoms with van der Waals surface area (Å²) < 4.78 is 44.7. The molecule has 0 atom stereocenters. The molecule has 0 amide bonds. The number of rotatable bonds is 4. The molecule has 11 heavy (non-hydrogen) atoms. The minimum absolute atomic E-state index is 0.0112. The average Bonchev–Trinajstić information content (AvgIpc) is 1.84. The Balaban J connectivity index is 4.12. The van der Waals surface area contributed by atoms with E-state index in [1.807, 2.05) is 0 Å². The predicted octanol–water partition coefficient (Wildman–Crippen LogP) is 0.722. The van der Waals surface area contributed by atoms with Crippen molar-refractivity contribution in [2.75, 3.05) is 12.4 Å². The summed E-state index contributed by atoms with van der Waals surface area (Å²) in [4.78, 5) is 0. The molecule has 0 spiro atoms. The summed E-state index contributed by atoms with van der Waals surface area (Å²) in [5.41, 5.74) is 0. The van der Waals surface area contributed by atoms with E-state index in [-0.39, 0.29) is 12.9 Å². The van der Waals surface area contributed by atoms with Crippen LogP contribution in [-0.4, -0.2) is 25.3 Å². The van der Waals surface area contributed by atoms with E-state index < -0.39 is 21.6 Å². The van der Waals surface area contributed by atoms with E-state index in [0.29, 0.717) is 0 Å². The summed E-state index contributed by atoms with van der Waals surface area (Å²) >= 11 is 0. The summed E-state index contributed by atoms with van der Waals surface area (Å²) in [6.07, 6.45) is 0.0112. The van der Waals surface area contributed by atoms with Gasteiger partial charge >= 0.3 is 0 Å². The third-order valence-electron chi connectivity index (χ3n) is 0.776. The molecule has 0 aromatic rings. The molecular formula is C5H9FO4S. The lowest BCUT2D eigenvalue weighted by Gasteiger charge is -2.03. The van der Waals surface area contributed by atoms with Gasteiger partial charge in [-0.25, -0.2) is 4.39 Å². The maximum absolute atomic E-state index is 11.7. The topological polar surface area (TPSA) is 63.6 Å².